The molecule has 0 radical (unpaired) electrons. The topological polar surface area (TPSA) is 63.5 Å². The highest BCUT2D eigenvalue weighted by Gasteiger charge is 2.07. The van der Waals surface area contributed by atoms with E-state index >= 15 is 0 Å². The fourth-order valence-corrected chi connectivity index (χ4v) is 3.27. The van der Waals surface area contributed by atoms with Crippen molar-refractivity contribution in [3.05, 3.63) is 69.8 Å². The number of nitrogens with zero attached hydrogens (tertiary/aromatic N) is 2. The molecule has 0 spiro atoms. The number of hydrogen-bond donors (Lipinski definition) is 1. The van der Waals surface area contributed by atoms with Crippen LogP contribution in [0, 0.1) is 0 Å². The number of carbonyl (C=O) groups is 1. The quantitative estimate of drug-likeness (QED) is 0.573. The van der Waals surface area contributed by atoms with E-state index in [2.05, 4.69) is 10.5 Å². The number of amides is 1. The number of aryl methyl sites for hydroxylation is 1. The smallest absolute Gasteiger partial charge is 0.298 e. The number of fused-ring (bicyclic) bond motifs is 1. The van der Waals surface area contributed by atoms with Crippen molar-refractivity contribution in [2.75, 3.05) is 0 Å². The van der Waals surface area contributed by atoms with Crippen molar-refractivity contribution in [3.8, 4) is 0 Å². The van der Waals surface area contributed by atoms with Gasteiger partial charge in [-0.15, -0.1) is 0 Å². The first-order valence-electron chi connectivity index (χ1n) is 7.62. The number of nitrogens with one attached hydrogen (secondary N) is 1. The summed E-state index contributed by atoms with van der Waals surface area (Å²) in [7, 11) is 0. The number of thiazole rings is 1. The molecule has 1 aromatic heterocycles. The lowest BCUT2D eigenvalue weighted by Crippen LogP contribution is -2.20. The molecule has 0 unspecified atom stereocenters. The molecular weight excluding hydrogens is 322 g/mol. The number of carbonyl (C=O) groups excluding carboxylic acids is 1. The predicted molar refractivity (Wildman–Crippen MR) is 97.7 cm³/mol. The van der Waals surface area contributed by atoms with Crippen LogP contribution in [0.4, 0.5) is 0 Å². The van der Waals surface area contributed by atoms with E-state index in [0.717, 1.165) is 15.9 Å². The molecule has 0 saturated heterocycles. The Morgan fingerprint density at radius 2 is 1.83 bits per heavy atom. The van der Waals surface area contributed by atoms with Gasteiger partial charge in [-0.25, -0.2) is 5.43 Å². The molecule has 6 heteroatoms. The van der Waals surface area contributed by atoms with Crippen molar-refractivity contribution in [2.24, 2.45) is 5.10 Å². The lowest BCUT2D eigenvalue weighted by molar-refractivity contribution is 0.0954. The number of benzene rings is 2. The zero-order valence-corrected chi connectivity index (χ0v) is 14.0. The first-order chi connectivity index (χ1) is 11.6. The van der Waals surface area contributed by atoms with Gasteiger partial charge in [0.05, 0.1) is 10.2 Å². The van der Waals surface area contributed by atoms with Crippen LogP contribution in [-0.2, 0) is 6.54 Å². The van der Waals surface area contributed by atoms with Crippen LogP contribution in [0.1, 0.15) is 23.7 Å². The third-order valence-electron chi connectivity index (χ3n) is 3.66. The summed E-state index contributed by atoms with van der Waals surface area (Å²) in [5.74, 6) is -0.242. The van der Waals surface area contributed by atoms with Gasteiger partial charge < -0.3 is 0 Å². The minimum absolute atomic E-state index is 0.0253. The molecule has 1 heterocycles. The van der Waals surface area contributed by atoms with Crippen LogP contribution in [0.15, 0.2) is 64.5 Å². The molecule has 1 amide bonds. The van der Waals surface area contributed by atoms with Gasteiger partial charge in [0.15, 0.2) is 0 Å². The molecule has 2 aromatic carbocycles. The van der Waals surface area contributed by atoms with E-state index in [4.69, 9.17) is 0 Å². The second-order valence-electron chi connectivity index (χ2n) is 5.39. The van der Waals surface area contributed by atoms with Gasteiger partial charge in [-0.3, -0.25) is 14.2 Å². The maximum atomic E-state index is 12.1. The fourth-order valence-electron chi connectivity index (χ4n) is 2.36. The summed E-state index contributed by atoms with van der Waals surface area (Å²) in [4.78, 5) is 24.0. The van der Waals surface area contributed by atoms with Crippen molar-refractivity contribution < 1.29 is 4.79 Å². The summed E-state index contributed by atoms with van der Waals surface area (Å²) < 4.78 is 2.73. The Morgan fingerprint density at radius 1 is 1.12 bits per heavy atom. The molecule has 0 aliphatic rings. The fraction of sp³-hybridized carbons (Fsp3) is 0.167. The summed E-state index contributed by atoms with van der Waals surface area (Å²) in [6, 6.07) is 16.7. The minimum atomic E-state index is -0.242. The normalized spacial score (nSPS) is 11.6. The molecule has 3 aromatic rings. The molecule has 3 rings (SSSR count). The number of hydrogen-bond acceptors (Lipinski definition) is 4. The Morgan fingerprint density at radius 3 is 2.62 bits per heavy atom. The second-order valence-corrected chi connectivity index (χ2v) is 6.38. The molecular formula is C18H17N3O2S. The number of aromatic nitrogens is 1. The van der Waals surface area contributed by atoms with Gasteiger partial charge in [0, 0.05) is 24.2 Å². The van der Waals surface area contributed by atoms with Gasteiger partial charge in [0.2, 0.25) is 0 Å². The lowest BCUT2D eigenvalue weighted by Gasteiger charge is -2.05. The third-order valence-corrected chi connectivity index (χ3v) is 4.62. The van der Waals surface area contributed by atoms with Crippen LogP contribution < -0.4 is 10.3 Å². The highest BCUT2D eigenvalue weighted by Crippen LogP contribution is 2.16. The largest absolute Gasteiger partial charge is 0.308 e. The molecule has 0 fully saturated rings. The predicted octanol–water partition coefficient (Wildman–Crippen LogP) is 3.26. The maximum Gasteiger partial charge on any atom is 0.308 e. The van der Waals surface area contributed by atoms with Gasteiger partial charge in [-0.05, 0) is 31.2 Å². The van der Waals surface area contributed by atoms with Gasteiger partial charge >= 0.3 is 4.87 Å². The average Bonchev–Trinajstić information content (AvgIpc) is 2.93. The van der Waals surface area contributed by atoms with E-state index in [1.807, 2.05) is 37.3 Å². The Balaban J connectivity index is 1.64. The van der Waals surface area contributed by atoms with Crippen LogP contribution in [0.5, 0.6) is 0 Å². The summed E-state index contributed by atoms with van der Waals surface area (Å²) >= 11 is 1.24. The van der Waals surface area contributed by atoms with E-state index in [-0.39, 0.29) is 10.8 Å². The summed E-state index contributed by atoms with van der Waals surface area (Å²) in [6.45, 7) is 2.38. The van der Waals surface area contributed by atoms with Crippen molar-refractivity contribution in [2.45, 2.75) is 19.9 Å². The van der Waals surface area contributed by atoms with Crippen LogP contribution >= 0.6 is 11.3 Å². The summed E-state index contributed by atoms with van der Waals surface area (Å²) in [6.07, 6.45) is 0.593. The Labute approximate surface area is 143 Å². The molecule has 0 saturated carbocycles. The van der Waals surface area contributed by atoms with Crippen LogP contribution in [0.3, 0.4) is 0 Å². The first kappa shape index (κ1) is 16.1. The minimum Gasteiger partial charge on any atom is -0.298 e. The van der Waals surface area contributed by atoms with E-state index in [1.54, 1.807) is 28.8 Å². The third kappa shape index (κ3) is 3.60. The Kier molecular flexibility index (Phi) is 4.86. The van der Waals surface area contributed by atoms with Crippen molar-refractivity contribution in [1.82, 2.24) is 9.99 Å². The van der Waals surface area contributed by atoms with Gasteiger partial charge in [-0.1, -0.05) is 41.7 Å². The zero-order chi connectivity index (χ0) is 16.9. The Hall–Kier alpha value is -2.73. The zero-order valence-electron chi connectivity index (χ0n) is 13.2. The van der Waals surface area contributed by atoms with E-state index in [0.29, 0.717) is 18.5 Å². The Bertz CT molecular complexity index is 942. The maximum absolute atomic E-state index is 12.1. The van der Waals surface area contributed by atoms with E-state index in [1.165, 1.54) is 11.3 Å². The van der Waals surface area contributed by atoms with Crippen molar-refractivity contribution in [3.63, 3.8) is 0 Å². The SMILES string of the molecule is C/C(CCn1c(=O)sc2ccccc21)=N\NC(=O)c1ccccc1. The average molecular weight is 339 g/mol. The molecule has 0 aliphatic carbocycles. The van der Waals surface area contributed by atoms with Crippen molar-refractivity contribution in [1.29, 1.82) is 0 Å². The molecule has 5 nitrogen and oxygen atoms in total. The van der Waals surface area contributed by atoms with Crippen molar-refractivity contribution >= 4 is 33.2 Å². The molecule has 0 bridgehead atoms. The molecule has 0 aliphatic heterocycles. The van der Waals surface area contributed by atoms with Gasteiger partial charge in [-0.2, -0.15) is 5.10 Å². The van der Waals surface area contributed by atoms with Crippen LogP contribution in [-0.4, -0.2) is 16.2 Å². The highest BCUT2D eigenvalue weighted by atomic mass is 32.1. The van der Waals surface area contributed by atoms with E-state index in [9.17, 15) is 9.59 Å². The monoisotopic (exact) mass is 339 g/mol. The number of rotatable bonds is 5. The molecule has 122 valence electrons. The van der Waals surface area contributed by atoms with Crippen LogP contribution in [0.2, 0.25) is 0 Å². The molecule has 24 heavy (non-hydrogen) atoms. The van der Waals surface area contributed by atoms with E-state index < -0.39 is 0 Å². The number of hydrazone groups is 1. The molecule has 0 atom stereocenters. The summed E-state index contributed by atoms with van der Waals surface area (Å²) in [5.41, 5.74) is 4.81. The standard InChI is InChI=1S/C18H17N3O2S/c1-13(19-20-17(22)14-7-3-2-4-8-14)11-12-21-15-9-5-6-10-16(15)24-18(21)23/h2-10H,11-12H2,1H3,(H,20,22)/b19-13+. The van der Waals surface area contributed by atoms with Gasteiger partial charge in [0.1, 0.15) is 0 Å². The van der Waals surface area contributed by atoms with Crippen LogP contribution in [0.25, 0.3) is 10.2 Å². The van der Waals surface area contributed by atoms with Gasteiger partial charge in [0.25, 0.3) is 5.91 Å². The second kappa shape index (κ2) is 7.23. The number of para-hydroxylation sites is 1. The summed E-state index contributed by atoms with van der Waals surface area (Å²) in [5, 5.41) is 4.11. The first-order valence-corrected chi connectivity index (χ1v) is 8.44. The molecule has 1 N–H and O–H groups in total. The lowest BCUT2D eigenvalue weighted by atomic mass is 10.2. The highest BCUT2D eigenvalue weighted by molar-refractivity contribution is 7.16.